The van der Waals surface area contributed by atoms with Crippen LogP contribution < -0.4 is 10.1 Å². The summed E-state index contributed by atoms with van der Waals surface area (Å²) < 4.78 is 11.6. The number of nitrogens with one attached hydrogen (secondary N) is 1. The number of aryl methyl sites for hydroxylation is 2. The van der Waals surface area contributed by atoms with Gasteiger partial charge in [0.05, 0.1) is 19.4 Å². The Morgan fingerprint density at radius 1 is 1.32 bits per heavy atom. The number of ether oxygens (including phenoxy) is 1. The molecule has 102 valence electrons. The van der Waals surface area contributed by atoms with Crippen molar-refractivity contribution in [3.8, 4) is 5.75 Å². The van der Waals surface area contributed by atoms with Crippen molar-refractivity contribution in [3.63, 3.8) is 0 Å². The first kappa shape index (κ1) is 14.2. The molecule has 19 heavy (non-hydrogen) atoms. The summed E-state index contributed by atoms with van der Waals surface area (Å²) in [5.74, 6) is 0.893. The number of furan rings is 1. The van der Waals surface area contributed by atoms with Crippen LogP contribution in [0.15, 0.2) is 33.5 Å². The third kappa shape index (κ3) is 2.69. The summed E-state index contributed by atoms with van der Waals surface area (Å²) in [7, 11) is 3.64. The van der Waals surface area contributed by atoms with E-state index in [-0.39, 0.29) is 6.04 Å². The Hall–Kier alpha value is -1.26. The summed E-state index contributed by atoms with van der Waals surface area (Å²) in [5.41, 5.74) is 4.59. The van der Waals surface area contributed by atoms with E-state index in [4.69, 9.17) is 9.15 Å². The SMILES string of the molecule is CNC(c1ccoc1Br)c1c(C)cc(C)cc1OC. The number of hydrogen-bond donors (Lipinski definition) is 1. The lowest BCUT2D eigenvalue weighted by Gasteiger charge is -2.21. The Bertz CT molecular complexity index is 578. The van der Waals surface area contributed by atoms with Crippen molar-refractivity contribution in [1.29, 1.82) is 0 Å². The van der Waals surface area contributed by atoms with Crippen LogP contribution in [0.3, 0.4) is 0 Å². The lowest BCUT2D eigenvalue weighted by molar-refractivity contribution is 0.404. The van der Waals surface area contributed by atoms with Crippen LogP contribution in [0.4, 0.5) is 0 Å². The minimum atomic E-state index is 0.0312. The van der Waals surface area contributed by atoms with Crippen LogP contribution in [-0.4, -0.2) is 14.2 Å². The van der Waals surface area contributed by atoms with E-state index in [1.54, 1.807) is 13.4 Å². The Morgan fingerprint density at radius 3 is 2.58 bits per heavy atom. The number of hydrogen-bond acceptors (Lipinski definition) is 3. The van der Waals surface area contributed by atoms with Crippen molar-refractivity contribution in [1.82, 2.24) is 5.32 Å². The molecule has 0 fully saturated rings. The third-order valence-electron chi connectivity index (χ3n) is 3.25. The Morgan fingerprint density at radius 2 is 2.05 bits per heavy atom. The highest BCUT2D eigenvalue weighted by molar-refractivity contribution is 9.10. The zero-order valence-electron chi connectivity index (χ0n) is 11.6. The Labute approximate surface area is 122 Å². The first-order chi connectivity index (χ1) is 9.08. The lowest BCUT2D eigenvalue weighted by atomic mass is 9.94. The minimum Gasteiger partial charge on any atom is -0.496 e. The van der Waals surface area contributed by atoms with Gasteiger partial charge in [-0.1, -0.05) is 6.07 Å². The lowest BCUT2D eigenvalue weighted by Crippen LogP contribution is -2.19. The van der Waals surface area contributed by atoms with Crippen molar-refractivity contribution in [2.24, 2.45) is 0 Å². The van der Waals surface area contributed by atoms with E-state index in [0.717, 1.165) is 21.5 Å². The second-order valence-corrected chi connectivity index (χ2v) is 5.29. The van der Waals surface area contributed by atoms with Gasteiger partial charge in [-0.15, -0.1) is 0 Å². The molecule has 0 aliphatic rings. The highest BCUT2D eigenvalue weighted by Gasteiger charge is 2.22. The van der Waals surface area contributed by atoms with Crippen molar-refractivity contribution in [2.75, 3.05) is 14.2 Å². The highest BCUT2D eigenvalue weighted by Crippen LogP contribution is 2.36. The maximum atomic E-state index is 5.54. The van der Waals surface area contributed by atoms with Gasteiger partial charge in [-0.2, -0.15) is 0 Å². The van der Waals surface area contributed by atoms with E-state index < -0.39 is 0 Å². The molecular formula is C15H18BrNO2. The summed E-state index contributed by atoms with van der Waals surface area (Å²) in [5, 5.41) is 3.33. The van der Waals surface area contributed by atoms with Gasteiger partial charge >= 0.3 is 0 Å². The average Bonchev–Trinajstić information content (AvgIpc) is 2.78. The van der Waals surface area contributed by atoms with Crippen LogP contribution in [0.1, 0.15) is 28.3 Å². The van der Waals surface area contributed by atoms with Crippen LogP contribution in [0, 0.1) is 13.8 Å². The maximum Gasteiger partial charge on any atom is 0.174 e. The van der Waals surface area contributed by atoms with Gasteiger partial charge in [0.25, 0.3) is 0 Å². The predicted octanol–water partition coefficient (Wildman–Crippen LogP) is 3.98. The summed E-state index contributed by atoms with van der Waals surface area (Å²) in [6.45, 7) is 4.17. The van der Waals surface area contributed by atoms with Crippen molar-refractivity contribution in [3.05, 3.63) is 51.4 Å². The van der Waals surface area contributed by atoms with Gasteiger partial charge in [-0.25, -0.2) is 0 Å². The van der Waals surface area contributed by atoms with Crippen LogP contribution in [0.25, 0.3) is 0 Å². The number of benzene rings is 1. The quantitative estimate of drug-likeness (QED) is 0.924. The predicted molar refractivity (Wildman–Crippen MR) is 79.8 cm³/mol. The van der Waals surface area contributed by atoms with Gasteiger partial charge in [-0.05, 0) is 60.1 Å². The van der Waals surface area contributed by atoms with Crippen LogP contribution in [-0.2, 0) is 0 Å². The summed E-state index contributed by atoms with van der Waals surface area (Å²) >= 11 is 3.44. The first-order valence-electron chi connectivity index (χ1n) is 6.13. The smallest absolute Gasteiger partial charge is 0.174 e. The van der Waals surface area contributed by atoms with Gasteiger partial charge in [0, 0.05) is 11.1 Å². The normalized spacial score (nSPS) is 12.5. The molecule has 0 amide bonds. The van der Waals surface area contributed by atoms with Crippen LogP contribution >= 0.6 is 15.9 Å². The van der Waals surface area contributed by atoms with Gasteiger partial charge in [0.1, 0.15) is 5.75 Å². The molecule has 0 aliphatic heterocycles. The molecule has 0 aliphatic carbocycles. The molecule has 0 bridgehead atoms. The standard InChI is InChI=1S/C15H18BrNO2/c1-9-7-10(2)13(12(8-9)18-4)14(17-3)11-5-6-19-15(11)16/h5-8,14,17H,1-4H3. The molecule has 1 aromatic heterocycles. The molecule has 0 spiro atoms. The molecule has 2 rings (SSSR count). The minimum absolute atomic E-state index is 0.0312. The van der Waals surface area contributed by atoms with Gasteiger partial charge < -0.3 is 14.5 Å². The van der Waals surface area contributed by atoms with Crippen LogP contribution in [0.2, 0.25) is 0 Å². The van der Waals surface area contributed by atoms with E-state index in [9.17, 15) is 0 Å². The van der Waals surface area contributed by atoms with Crippen molar-refractivity contribution < 1.29 is 9.15 Å². The van der Waals surface area contributed by atoms with Crippen LogP contribution in [0.5, 0.6) is 5.75 Å². The van der Waals surface area contributed by atoms with Gasteiger partial charge in [-0.3, -0.25) is 0 Å². The van der Waals surface area contributed by atoms with Crippen molar-refractivity contribution in [2.45, 2.75) is 19.9 Å². The molecule has 0 saturated heterocycles. The molecule has 1 heterocycles. The van der Waals surface area contributed by atoms with E-state index in [2.05, 4.69) is 47.2 Å². The molecule has 3 nitrogen and oxygen atoms in total. The summed E-state index contributed by atoms with van der Waals surface area (Å²) in [4.78, 5) is 0. The second kappa shape index (κ2) is 5.80. The maximum absolute atomic E-state index is 5.54. The van der Waals surface area contributed by atoms with E-state index in [0.29, 0.717) is 0 Å². The fourth-order valence-corrected chi connectivity index (χ4v) is 2.91. The average molecular weight is 324 g/mol. The molecule has 4 heteroatoms. The summed E-state index contributed by atoms with van der Waals surface area (Å²) in [6.07, 6.45) is 1.68. The van der Waals surface area contributed by atoms with E-state index in [1.807, 2.05) is 13.1 Å². The van der Waals surface area contributed by atoms with E-state index in [1.165, 1.54) is 11.1 Å². The fraction of sp³-hybridized carbons (Fsp3) is 0.333. The molecule has 2 aromatic rings. The van der Waals surface area contributed by atoms with Crippen molar-refractivity contribution >= 4 is 15.9 Å². The number of rotatable bonds is 4. The fourth-order valence-electron chi connectivity index (χ4n) is 2.44. The zero-order chi connectivity index (χ0) is 14.0. The Kier molecular flexibility index (Phi) is 4.32. The monoisotopic (exact) mass is 323 g/mol. The first-order valence-corrected chi connectivity index (χ1v) is 6.93. The number of halogens is 1. The zero-order valence-corrected chi connectivity index (χ0v) is 13.2. The molecule has 0 saturated carbocycles. The second-order valence-electron chi connectivity index (χ2n) is 4.57. The number of methoxy groups -OCH3 is 1. The molecule has 1 unspecified atom stereocenters. The van der Waals surface area contributed by atoms with Gasteiger partial charge in [0.15, 0.2) is 4.67 Å². The van der Waals surface area contributed by atoms with E-state index >= 15 is 0 Å². The summed E-state index contributed by atoms with van der Waals surface area (Å²) in [6, 6.07) is 6.21. The Balaban J connectivity index is 2.59. The molecule has 1 N–H and O–H groups in total. The third-order valence-corrected chi connectivity index (χ3v) is 3.89. The molecule has 1 atom stereocenters. The topological polar surface area (TPSA) is 34.4 Å². The van der Waals surface area contributed by atoms with Gasteiger partial charge in [0.2, 0.25) is 0 Å². The molecule has 1 aromatic carbocycles. The molecular weight excluding hydrogens is 306 g/mol. The highest BCUT2D eigenvalue weighted by atomic mass is 79.9. The molecule has 0 radical (unpaired) electrons. The largest absolute Gasteiger partial charge is 0.496 e.